The largest absolute Gasteiger partial charge is 0.494 e. The molecule has 2 fully saturated rings. The summed E-state index contributed by atoms with van der Waals surface area (Å²) in [6.45, 7) is 17.3. The SMILES string of the molecule is CCc1cc(B2OC(C)(C)C(C)(C)O2)cc2cnc(NC3CCCCN(C(=O)OC(C)(C)C)C3)nc12. The summed E-state index contributed by atoms with van der Waals surface area (Å²) in [5, 5.41) is 4.44. The Labute approximate surface area is 215 Å². The van der Waals surface area contributed by atoms with Crippen molar-refractivity contribution in [1.82, 2.24) is 14.9 Å². The standard InChI is InChI=1S/C27H41BN4O4/c1-9-18-14-20(28-35-26(5,6)27(7,8)36-28)15-19-16-29-23(31-22(18)19)30-21-12-10-11-13-32(17-21)24(33)34-25(2,3)4/h14-16,21H,9-13,17H2,1-8H3,(H,29,30,31). The minimum atomic E-state index is -0.511. The zero-order chi connectivity index (χ0) is 26.3. The van der Waals surface area contributed by atoms with Crippen molar-refractivity contribution in [1.29, 1.82) is 0 Å². The van der Waals surface area contributed by atoms with E-state index >= 15 is 0 Å². The van der Waals surface area contributed by atoms with Crippen LogP contribution in [0.5, 0.6) is 0 Å². The van der Waals surface area contributed by atoms with Gasteiger partial charge in [0.05, 0.1) is 16.7 Å². The topological polar surface area (TPSA) is 85.8 Å². The van der Waals surface area contributed by atoms with Crippen LogP contribution < -0.4 is 10.8 Å². The summed E-state index contributed by atoms with van der Waals surface area (Å²) in [5.74, 6) is 0.580. The van der Waals surface area contributed by atoms with Crippen LogP contribution in [0.1, 0.15) is 80.2 Å². The molecule has 2 aromatic rings. The Morgan fingerprint density at radius 2 is 1.89 bits per heavy atom. The third-order valence-corrected chi connectivity index (χ3v) is 7.35. The first-order valence-corrected chi connectivity index (χ1v) is 13.2. The molecular formula is C27H41BN4O4. The van der Waals surface area contributed by atoms with Crippen LogP contribution in [0.2, 0.25) is 0 Å². The number of carbonyl (C=O) groups excluding carboxylic acids is 1. The summed E-state index contributed by atoms with van der Waals surface area (Å²) < 4.78 is 18.2. The van der Waals surface area contributed by atoms with Crippen molar-refractivity contribution in [3.63, 3.8) is 0 Å². The van der Waals surface area contributed by atoms with Gasteiger partial charge in [-0.25, -0.2) is 14.8 Å². The van der Waals surface area contributed by atoms with Crippen molar-refractivity contribution in [3.05, 3.63) is 23.9 Å². The predicted octanol–water partition coefficient (Wildman–Crippen LogP) is 4.69. The van der Waals surface area contributed by atoms with Gasteiger partial charge in [-0.1, -0.05) is 19.1 Å². The molecule has 0 aliphatic carbocycles. The van der Waals surface area contributed by atoms with E-state index in [-0.39, 0.29) is 12.1 Å². The number of nitrogens with one attached hydrogen (secondary N) is 1. The number of ether oxygens (including phenoxy) is 1. The minimum Gasteiger partial charge on any atom is -0.444 e. The molecule has 0 radical (unpaired) electrons. The van der Waals surface area contributed by atoms with E-state index in [9.17, 15) is 4.79 Å². The second-order valence-corrected chi connectivity index (χ2v) is 12.0. The second-order valence-electron chi connectivity index (χ2n) is 12.0. The van der Waals surface area contributed by atoms with Gasteiger partial charge in [-0.2, -0.15) is 0 Å². The van der Waals surface area contributed by atoms with Crippen LogP contribution in [-0.2, 0) is 20.5 Å². The van der Waals surface area contributed by atoms with Crippen molar-refractivity contribution in [3.8, 4) is 0 Å². The first-order valence-electron chi connectivity index (χ1n) is 13.2. The molecule has 0 saturated carbocycles. The van der Waals surface area contributed by atoms with Gasteiger partial charge in [0.15, 0.2) is 0 Å². The average Bonchev–Trinajstić information content (AvgIpc) is 2.92. The zero-order valence-electron chi connectivity index (χ0n) is 23.1. The maximum absolute atomic E-state index is 12.7. The zero-order valence-corrected chi connectivity index (χ0v) is 23.1. The van der Waals surface area contributed by atoms with Gasteiger partial charge in [0.2, 0.25) is 5.95 Å². The monoisotopic (exact) mass is 496 g/mol. The van der Waals surface area contributed by atoms with E-state index in [1.54, 1.807) is 4.90 Å². The molecule has 9 heteroatoms. The number of benzene rings is 1. The summed E-state index contributed by atoms with van der Waals surface area (Å²) in [4.78, 5) is 24.0. The average molecular weight is 496 g/mol. The number of nitrogens with zero attached hydrogens (tertiary/aromatic N) is 3. The van der Waals surface area contributed by atoms with Gasteiger partial charge in [-0.15, -0.1) is 0 Å². The van der Waals surface area contributed by atoms with Crippen molar-refractivity contribution in [2.45, 2.75) is 104 Å². The first kappa shape index (κ1) is 26.7. The minimum absolute atomic E-state index is 0.0616. The van der Waals surface area contributed by atoms with Crippen LogP contribution in [0.3, 0.4) is 0 Å². The number of likely N-dealkylation sites (tertiary alicyclic amines) is 1. The highest BCUT2D eigenvalue weighted by Gasteiger charge is 2.51. The molecule has 36 heavy (non-hydrogen) atoms. The fourth-order valence-electron chi connectivity index (χ4n) is 4.63. The molecule has 1 aromatic carbocycles. The normalized spacial score (nSPS) is 21.9. The second kappa shape index (κ2) is 9.82. The summed E-state index contributed by atoms with van der Waals surface area (Å²) in [6.07, 6.45) is 5.36. The number of aryl methyl sites for hydroxylation is 1. The predicted molar refractivity (Wildman–Crippen MR) is 144 cm³/mol. The highest BCUT2D eigenvalue weighted by atomic mass is 16.7. The Kier molecular flexibility index (Phi) is 7.28. The molecule has 1 aromatic heterocycles. The fourth-order valence-corrected chi connectivity index (χ4v) is 4.63. The summed E-state index contributed by atoms with van der Waals surface area (Å²) in [5.41, 5.74) is 1.74. The van der Waals surface area contributed by atoms with E-state index in [1.807, 2.05) is 27.0 Å². The number of fused-ring (bicyclic) bond motifs is 1. The van der Waals surface area contributed by atoms with Gasteiger partial charge < -0.3 is 24.3 Å². The van der Waals surface area contributed by atoms with Gasteiger partial charge in [0, 0.05) is 30.7 Å². The van der Waals surface area contributed by atoms with Crippen LogP contribution in [0, 0.1) is 0 Å². The lowest BCUT2D eigenvalue weighted by Gasteiger charge is -2.32. The molecule has 2 saturated heterocycles. The molecule has 2 aliphatic rings. The lowest BCUT2D eigenvalue weighted by molar-refractivity contribution is 0.00578. The van der Waals surface area contributed by atoms with E-state index < -0.39 is 23.9 Å². The third-order valence-electron chi connectivity index (χ3n) is 7.35. The lowest BCUT2D eigenvalue weighted by atomic mass is 9.77. The molecule has 3 heterocycles. The Hall–Kier alpha value is -2.39. The highest BCUT2D eigenvalue weighted by molar-refractivity contribution is 6.62. The van der Waals surface area contributed by atoms with Crippen LogP contribution in [0.4, 0.5) is 10.7 Å². The number of carbonyl (C=O) groups is 1. The number of amides is 1. The number of rotatable bonds is 4. The van der Waals surface area contributed by atoms with Crippen LogP contribution in [0.25, 0.3) is 10.9 Å². The highest BCUT2D eigenvalue weighted by Crippen LogP contribution is 2.36. The summed E-state index contributed by atoms with van der Waals surface area (Å²) >= 11 is 0. The van der Waals surface area contributed by atoms with Gasteiger partial charge in [0.1, 0.15) is 5.60 Å². The Balaban J connectivity index is 1.54. The summed E-state index contributed by atoms with van der Waals surface area (Å²) in [6, 6.07) is 4.26. The molecule has 1 amide bonds. The molecule has 1 atom stereocenters. The van der Waals surface area contributed by atoms with Crippen LogP contribution >= 0.6 is 0 Å². The van der Waals surface area contributed by atoms with E-state index in [4.69, 9.17) is 19.0 Å². The van der Waals surface area contributed by atoms with Gasteiger partial charge in [-0.05, 0) is 85.2 Å². The maximum atomic E-state index is 12.7. The Morgan fingerprint density at radius 3 is 2.53 bits per heavy atom. The molecule has 196 valence electrons. The maximum Gasteiger partial charge on any atom is 0.494 e. The van der Waals surface area contributed by atoms with E-state index in [0.29, 0.717) is 19.0 Å². The van der Waals surface area contributed by atoms with E-state index in [0.717, 1.165) is 47.6 Å². The quantitative estimate of drug-likeness (QED) is 0.615. The van der Waals surface area contributed by atoms with Crippen molar-refractivity contribution in [2.75, 3.05) is 18.4 Å². The van der Waals surface area contributed by atoms with Gasteiger partial charge in [-0.3, -0.25) is 0 Å². The van der Waals surface area contributed by atoms with E-state index in [1.165, 1.54) is 0 Å². The van der Waals surface area contributed by atoms with Gasteiger partial charge in [0.25, 0.3) is 0 Å². The van der Waals surface area contributed by atoms with Crippen molar-refractivity contribution < 1.29 is 18.8 Å². The van der Waals surface area contributed by atoms with Crippen molar-refractivity contribution in [2.24, 2.45) is 0 Å². The molecule has 4 rings (SSSR count). The number of hydrogen-bond acceptors (Lipinski definition) is 7. The molecule has 1 N–H and O–H groups in total. The third kappa shape index (κ3) is 5.78. The smallest absolute Gasteiger partial charge is 0.444 e. The number of aromatic nitrogens is 2. The molecule has 8 nitrogen and oxygen atoms in total. The summed E-state index contributed by atoms with van der Waals surface area (Å²) in [7, 11) is -0.424. The number of anilines is 1. The first-order chi connectivity index (χ1) is 16.8. The Morgan fingerprint density at radius 1 is 1.19 bits per heavy atom. The Bertz CT molecular complexity index is 1100. The number of hydrogen-bond donors (Lipinski definition) is 1. The molecule has 0 bridgehead atoms. The molecule has 0 spiro atoms. The van der Waals surface area contributed by atoms with Gasteiger partial charge >= 0.3 is 13.2 Å². The lowest BCUT2D eigenvalue weighted by Crippen LogP contribution is -2.42. The molecule has 2 aliphatic heterocycles. The van der Waals surface area contributed by atoms with Crippen LogP contribution in [-0.4, -0.2) is 64.0 Å². The van der Waals surface area contributed by atoms with Crippen molar-refractivity contribution >= 4 is 35.5 Å². The molecule has 1 unspecified atom stereocenters. The fraction of sp³-hybridized carbons (Fsp3) is 0.667. The van der Waals surface area contributed by atoms with Crippen LogP contribution in [0.15, 0.2) is 18.3 Å². The van der Waals surface area contributed by atoms with E-state index in [2.05, 4.69) is 57.1 Å². The molecular weight excluding hydrogens is 455 g/mol.